The van der Waals surface area contributed by atoms with Gasteiger partial charge in [0.2, 0.25) is 5.91 Å². The molecule has 9 nitrogen and oxygen atoms in total. The van der Waals surface area contributed by atoms with Gasteiger partial charge < -0.3 is 19.4 Å². The number of hydrogen-bond acceptors (Lipinski definition) is 7. The molecule has 0 aromatic carbocycles. The van der Waals surface area contributed by atoms with Gasteiger partial charge in [0, 0.05) is 38.4 Å². The maximum atomic E-state index is 12.9. The summed E-state index contributed by atoms with van der Waals surface area (Å²) in [6.45, 7) is 9.36. The van der Waals surface area contributed by atoms with Crippen LogP contribution in [0.25, 0.3) is 17.4 Å². The quantitative estimate of drug-likeness (QED) is 0.558. The van der Waals surface area contributed by atoms with Crippen molar-refractivity contribution < 1.29 is 13.9 Å². The molecule has 9 heteroatoms. The molecule has 1 amide bonds. The third-order valence-corrected chi connectivity index (χ3v) is 5.86. The standard InChI is InChI=1S/C24H32N6O3/c1-16-12-17(2)30(28-16)22-14-21(26-24(27-22)20-8-7-18(3)33-20)25-23(31)13-19-6-5-9-29(15-19)10-11-32-4/h7-8,12,14,19H,5-6,9-11,13,15H2,1-4H3,(H,25,26,27,31). The van der Waals surface area contributed by atoms with Crippen LogP contribution in [0.15, 0.2) is 28.7 Å². The van der Waals surface area contributed by atoms with Gasteiger partial charge >= 0.3 is 0 Å². The fourth-order valence-electron chi connectivity index (χ4n) is 4.33. The number of anilines is 1. The molecule has 1 N–H and O–H groups in total. The van der Waals surface area contributed by atoms with Crippen molar-refractivity contribution in [2.45, 2.75) is 40.0 Å². The summed E-state index contributed by atoms with van der Waals surface area (Å²) in [4.78, 5) is 24.5. The molecule has 3 aromatic rings. The lowest BCUT2D eigenvalue weighted by atomic mass is 9.94. The highest BCUT2D eigenvalue weighted by Crippen LogP contribution is 2.24. The fourth-order valence-corrected chi connectivity index (χ4v) is 4.33. The van der Waals surface area contributed by atoms with E-state index in [0.29, 0.717) is 42.2 Å². The molecule has 0 radical (unpaired) electrons. The Labute approximate surface area is 194 Å². The second-order valence-electron chi connectivity index (χ2n) is 8.74. The number of furan rings is 1. The van der Waals surface area contributed by atoms with Gasteiger partial charge in [-0.2, -0.15) is 5.10 Å². The zero-order valence-corrected chi connectivity index (χ0v) is 19.8. The van der Waals surface area contributed by atoms with Gasteiger partial charge in [0.15, 0.2) is 17.4 Å². The van der Waals surface area contributed by atoms with E-state index in [1.807, 2.05) is 39.0 Å². The largest absolute Gasteiger partial charge is 0.458 e. The van der Waals surface area contributed by atoms with E-state index in [0.717, 1.165) is 49.6 Å². The smallest absolute Gasteiger partial charge is 0.225 e. The molecule has 33 heavy (non-hydrogen) atoms. The van der Waals surface area contributed by atoms with Gasteiger partial charge in [0.25, 0.3) is 0 Å². The Morgan fingerprint density at radius 1 is 1.24 bits per heavy atom. The Morgan fingerprint density at radius 3 is 2.79 bits per heavy atom. The van der Waals surface area contributed by atoms with Crippen LogP contribution >= 0.6 is 0 Å². The number of methoxy groups -OCH3 is 1. The van der Waals surface area contributed by atoms with E-state index in [2.05, 4.69) is 25.3 Å². The molecule has 3 aromatic heterocycles. The number of likely N-dealkylation sites (tertiary alicyclic amines) is 1. The van der Waals surface area contributed by atoms with Crippen LogP contribution in [-0.2, 0) is 9.53 Å². The van der Waals surface area contributed by atoms with Crippen molar-refractivity contribution in [3.05, 3.63) is 41.4 Å². The number of nitrogens with one attached hydrogen (secondary N) is 1. The topological polar surface area (TPSA) is 98.3 Å². The van der Waals surface area contributed by atoms with Crippen molar-refractivity contribution in [2.75, 3.05) is 38.7 Å². The highest BCUT2D eigenvalue weighted by atomic mass is 16.5. The second-order valence-corrected chi connectivity index (χ2v) is 8.74. The third-order valence-electron chi connectivity index (χ3n) is 5.86. The molecule has 1 atom stereocenters. The van der Waals surface area contributed by atoms with E-state index >= 15 is 0 Å². The first-order valence-corrected chi connectivity index (χ1v) is 11.4. The third kappa shape index (κ3) is 5.85. The number of nitrogens with zero attached hydrogens (tertiary/aromatic N) is 5. The number of aromatic nitrogens is 4. The lowest BCUT2D eigenvalue weighted by Gasteiger charge is -2.32. The molecule has 0 aliphatic carbocycles. The summed E-state index contributed by atoms with van der Waals surface area (Å²) in [6, 6.07) is 7.43. The van der Waals surface area contributed by atoms with Crippen LogP contribution in [0.1, 0.15) is 36.4 Å². The summed E-state index contributed by atoms with van der Waals surface area (Å²) in [5.74, 6) is 3.02. The number of carbonyl (C=O) groups excluding carboxylic acids is 1. The van der Waals surface area contributed by atoms with Gasteiger partial charge in [-0.25, -0.2) is 14.6 Å². The molecule has 1 unspecified atom stereocenters. The van der Waals surface area contributed by atoms with Crippen molar-refractivity contribution in [3.8, 4) is 17.4 Å². The van der Waals surface area contributed by atoms with E-state index in [1.165, 1.54) is 0 Å². The minimum absolute atomic E-state index is 0.0480. The molecule has 1 fully saturated rings. The summed E-state index contributed by atoms with van der Waals surface area (Å²) < 4.78 is 12.7. The van der Waals surface area contributed by atoms with Crippen molar-refractivity contribution >= 4 is 11.7 Å². The highest BCUT2D eigenvalue weighted by molar-refractivity contribution is 5.90. The SMILES string of the molecule is COCCN1CCCC(CC(=O)Nc2cc(-n3nc(C)cc3C)nc(-c3ccc(C)o3)n2)C1. The van der Waals surface area contributed by atoms with Crippen LogP contribution < -0.4 is 5.32 Å². The Bertz CT molecular complexity index is 1110. The first-order chi connectivity index (χ1) is 15.9. The number of piperidine rings is 1. The molecule has 176 valence electrons. The minimum Gasteiger partial charge on any atom is -0.458 e. The molecular formula is C24H32N6O3. The van der Waals surface area contributed by atoms with Gasteiger partial charge in [0.05, 0.1) is 12.3 Å². The van der Waals surface area contributed by atoms with Crippen LogP contribution in [0.5, 0.6) is 0 Å². The average molecular weight is 453 g/mol. The van der Waals surface area contributed by atoms with E-state index in [4.69, 9.17) is 9.15 Å². The summed E-state index contributed by atoms with van der Waals surface area (Å²) >= 11 is 0. The first kappa shape index (κ1) is 23.1. The number of amides is 1. The zero-order valence-electron chi connectivity index (χ0n) is 19.8. The van der Waals surface area contributed by atoms with Crippen LogP contribution in [0.4, 0.5) is 5.82 Å². The van der Waals surface area contributed by atoms with Crippen LogP contribution in [0, 0.1) is 26.7 Å². The highest BCUT2D eigenvalue weighted by Gasteiger charge is 2.23. The van der Waals surface area contributed by atoms with Gasteiger partial charge in [-0.1, -0.05) is 0 Å². The van der Waals surface area contributed by atoms with Gasteiger partial charge in [-0.3, -0.25) is 4.79 Å². The molecule has 0 saturated carbocycles. The summed E-state index contributed by atoms with van der Waals surface area (Å²) in [5.41, 5.74) is 1.84. The number of hydrogen-bond donors (Lipinski definition) is 1. The molecule has 4 rings (SSSR count). The maximum absolute atomic E-state index is 12.9. The number of carbonyl (C=O) groups is 1. The Balaban J connectivity index is 1.53. The molecule has 0 spiro atoms. The first-order valence-electron chi connectivity index (χ1n) is 11.4. The Morgan fingerprint density at radius 2 is 2.09 bits per heavy atom. The van der Waals surface area contributed by atoms with Crippen LogP contribution in [-0.4, -0.2) is 63.9 Å². The average Bonchev–Trinajstić information content (AvgIpc) is 3.36. The molecule has 4 heterocycles. The van der Waals surface area contributed by atoms with E-state index < -0.39 is 0 Å². The zero-order chi connectivity index (χ0) is 23.4. The van der Waals surface area contributed by atoms with E-state index in [1.54, 1.807) is 17.9 Å². The molecule has 1 aliphatic heterocycles. The minimum atomic E-state index is -0.0480. The summed E-state index contributed by atoms with van der Waals surface area (Å²) in [5, 5.41) is 7.52. The lowest BCUT2D eigenvalue weighted by Crippen LogP contribution is -2.38. The maximum Gasteiger partial charge on any atom is 0.225 e. The van der Waals surface area contributed by atoms with E-state index in [9.17, 15) is 4.79 Å². The fraction of sp³-hybridized carbons (Fsp3) is 0.500. The Kier molecular flexibility index (Phi) is 7.20. The second kappa shape index (κ2) is 10.3. The van der Waals surface area contributed by atoms with Crippen LogP contribution in [0.2, 0.25) is 0 Å². The van der Waals surface area contributed by atoms with E-state index in [-0.39, 0.29) is 5.91 Å². The van der Waals surface area contributed by atoms with Crippen molar-refractivity contribution in [2.24, 2.45) is 5.92 Å². The number of rotatable bonds is 8. The summed E-state index contributed by atoms with van der Waals surface area (Å²) in [7, 11) is 1.72. The van der Waals surface area contributed by atoms with Gasteiger partial charge in [-0.05, 0) is 64.3 Å². The Hall–Kier alpha value is -3.04. The number of ether oxygens (including phenoxy) is 1. The number of aryl methyl sites for hydroxylation is 3. The lowest BCUT2D eigenvalue weighted by molar-refractivity contribution is -0.117. The summed E-state index contributed by atoms with van der Waals surface area (Å²) in [6.07, 6.45) is 2.60. The van der Waals surface area contributed by atoms with Crippen molar-refractivity contribution in [3.63, 3.8) is 0 Å². The van der Waals surface area contributed by atoms with Gasteiger partial charge in [-0.15, -0.1) is 0 Å². The van der Waals surface area contributed by atoms with Crippen molar-refractivity contribution in [1.82, 2.24) is 24.6 Å². The normalized spacial score (nSPS) is 16.8. The monoisotopic (exact) mass is 452 g/mol. The predicted octanol–water partition coefficient (Wildman–Crippen LogP) is 3.53. The molecule has 0 bridgehead atoms. The van der Waals surface area contributed by atoms with Crippen molar-refractivity contribution in [1.29, 1.82) is 0 Å². The predicted molar refractivity (Wildman–Crippen MR) is 125 cm³/mol. The van der Waals surface area contributed by atoms with Gasteiger partial charge in [0.1, 0.15) is 11.6 Å². The molecular weight excluding hydrogens is 420 g/mol. The van der Waals surface area contributed by atoms with Crippen LogP contribution in [0.3, 0.4) is 0 Å². The molecule has 1 aliphatic rings. The molecule has 1 saturated heterocycles.